The topological polar surface area (TPSA) is 45.9 Å². The first kappa shape index (κ1) is 9.47. The molecule has 0 fully saturated rings. The minimum absolute atomic E-state index is 0.607. The number of benzene rings is 1. The van der Waals surface area contributed by atoms with Crippen molar-refractivity contribution < 1.29 is 4.74 Å². The van der Waals surface area contributed by atoms with Gasteiger partial charge in [-0.05, 0) is 31.2 Å². The third-order valence-corrected chi connectivity index (χ3v) is 2.33. The van der Waals surface area contributed by atoms with Crippen LogP contribution in [0.2, 0.25) is 0 Å². The maximum absolute atomic E-state index is 8.88. The lowest BCUT2D eigenvalue weighted by molar-refractivity contribution is 0.415. The van der Waals surface area contributed by atoms with E-state index in [9.17, 15) is 0 Å². The van der Waals surface area contributed by atoms with Gasteiger partial charge in [-0.1, -0.05) is 0 Å². The number of nitrogens with zero attached hydrogens (tertiary/aromatic N) is 2. The van der Waals surface area contributed by atoms with Crippen LogP contribution in [-0.4, -0.2) is 12.1 Å². The SMILES string of the molecule is COc1ccc2nc(C)c(C#N)cc2c1. The fourth-order valence-corrected chi connectivity index (χ4v) is 1.49. The van der Waals surface area contributed by atoms with Gasteiger partial charge in [-0.15, -0.1) is 0 Å². The van der Waals surface area contributed by atoms with Crippen molar-refractivity contribution in [2.75, 3.05) is 7.11 Å². The van der Waals surface area contributed by atoms with Gasteiger partial charge < -0.3 is 4.74 Å². The Balaban J connectivity index is 2.72. The number of aryl methyl sites for hydroxylation is 1. The van der Waals surface area contributed by atoms with E-state index in [-0.39, 0.29) is 0 Å². The van der Waals surface area contributed by atoms with E-state index in [1.165, 1.54) is 0 Å². The Kier molecular flexibility index (Phi) is 2.26. The van der Waals surface area contributed by atoms with Crippen LogP contribution in [0.3, 0.4) is 0 Å². The number of methoxy groups -OCH3 is 1. The predicted octanol–water partition coefficient (Wildman–Crippen LogP) is 2.42. The van der Waals surface area contributed by atoms with Crippen molar-refractivity contribution in [3.8, 4) is 11.8 Å². The molecule has 1 aromatic heterocycles. The summed E-state index contributed by atoms with van der Waals surface area (Å²) >= 11 is 0. The number of rotatable bonds is 1. The van der Waals surface area contributed by atoms with Crippen molar-refractivity contribution in [1.82, 2.24) is 4.98 Å². The number of hydrogen-bond donors (Lipinski definition) is 0. The lowest BCUT2D eigenvalue weighted by Crippen LogP contribution is -1.90. The van der Waals surface area contributed by atoms with Crippen LogP contribution < -0.4 is 4.74 Å². The molecule has 3 heteroatoms. The van der Waals surface area contributed by atoms with Crippen LogP contribution in [-0.2, 0) is 0 Å². The van der Waals surface area contributed by atoms with Crippen molar-refractivity contribution in [1.29, 1.82) is 5.26 Å². The molecule has 1 aromatic carbocycles. The molecule has 0 amide bonds. The predicted molar refractivity (Wildman–Crippen MR) is 57.7 cm³/mol. The van der Waals surface area contributed by atoms with Gasteiger partial charge in [0.2, 0.25) is 0 Å². The maximum atomic E-state index is 8.88. The fraction of sp³-hybridized carbons (Fsp3) is 0.167. The standard InChI is InChI=1S/C12H10N2O/c1-8-10(7-13)5-9-6-11(15-2)3-4-12(9)14-8/h3-6H,1-2H3. The third-order valence-electron chi connectivity index (χ3n) is 2.33. The van der Waals surface area contributed by atoms with E-state index in [0.717, 1.165) is 22.3 Å². The maximum Gasteiger partial charge on any atom is 0.119 e. The first-order valence-electron chi connectivity index (χ1n) is 4.60. The van der Waals surface area contributed by atoms with Crippen molar-refractivity contribution in [3.05, 3.63) is 35.5 Å². The van der Waals surface area contributed by atoms with E-state index in [2.05, 4.69) is 11.1 Å². The van der Waals surface area contributed by atoms with Crippen LogP contribution in [0.1, 0.15) is 11.3 Å². The van der Waals surface area contributed by atoms with Gasteiger partial charge in [-0.3, -0.25) is 4.98 Å². The lowest BCUT2D eigenvalue weighted by Gasteiger charge is -2.03. The second-order valence-electron chi connectivity index (χ2n) is 3.29. The molecule has 2 aromatic rings. The summed E-state index contributed by atoms with van der Waals surface area (Å²) < 4.78 is 5.12. The normalized spacial score (nSPS) is 9.93. The summed E-state index contributed by atoms with van der Waals surface area (Å²) in [6, 6.07) is 9.59. The smallest absolute Gasteiger partial charge is 0.119 e. The summed E-state index contributed by atoms with van der Waals surface area (Å²) in [6.07, 6.45) is 0. The second-order valence-corrected chi connectivity index (χ2v) is 3.29. The molecular formula is C12H10N2O. The minimum atomic E-state index is 0.607. The summed E-state index contributed by atoms with van der Waals surface area (Å²) in [5, 5.41) is 9.81. The highest BCUT2D eigenvalue weighted by Crippen LogP contribution is 2.21. The first-order valence-corrected chi connectivity index (χ1v) is 4.60. The van der Waals surface area contributed by atoms with E-state index < -0.39 is 0 Å². The van der Waals surface area contributed by atoms with Crippen LogP contribution in [0.15, 0.2) is 24.3 Å². The monoisotopic (exact) mass is 198 g/mol. The molecule has 0 spiro atoms. The van der Waals surface area contributed by atoms with E-state index >= 15 is 0 Å². The Morgan fingerprint density at radius 2 is 2.13 bits per heavy atom. The van der Waals surface area contributed by atoms with Gasteiger partial charge in [0.05, 0.1) is 23.9 Å². The largest absolute Gasteiger partial charge is 0.497 e. The Morgan fingerprint density at radius 1 is 1.33 bits per heavy atom. The molecule has 0 bridgehead atoms. The zero-order valence-corrected chi connectivity index (χ0v) is 8.61. The summed E-state index contributed by atoms with van der Waals surface area (Å²) in [4.78, 5) is 4.34. The molecule has 3 nitrogen and oxygen atoms in total. The number of fused-ring (bicyclic) bond motifs is 1. The Labute approximate surface area is 87.9 Å². The van der Waals surface area contributed by atoms with Gasteiger partial charge in [0.1, 0.15) is 11.8 Å². The Bertz CT molecular complexity index is 555. The van der Waals surface area contributed by atoms with E-state index in [4.69, 9.17) is 10.00 Å². The van der Waals surface area contributed by atoms with E-state index in [1.807, 2.05) is 31.2 Å². The van der Waals surface area contributed by atoms with Crippen LogP contribution >= 0.6 is 0 Å². The summed E-state index contributed by atoms with van der Waals surface area (Å²) in [5.74, 6) is 0.775. The highest BCUT2D eigenvalue weighted by molar-refractivity contribution is 5.81. The molecule has 0 aliphatic carbocycles. The number of nitriles is 1. The minimum Gasteiger partial charge on any atom is -0.497 e. The zero-order chi connectivity index (χ0) is 10.8. The molecular weight excluding hydrogens is 188 g/mol. The molecule has 74 valence electrons. The second kappa shape index (κ2) is 3.58. The number of aromatic nitrogens is 1. The highest BCUT2D eigenvalue weighted by Gasteiger charge is 2.03. The molecule has 0 aliphatic rings. The van der Waals surface area contributed by atoms with Crippen LogP contribution in [0, 0.1) is 18.3 Å². The van der Waals surface area contributed by atoms with Gasteiger partial charge in [-0.2, -0.15) is 5.26 Å². The molecule has 0 N–H and O–H groups in total. The Hall–Kier alpha value is -2.08. The zero-order valence-electron chi connectivity index (χ0n) is 8.61. The molecule has 0 atom stereocenters. The van der Waals surface area contributed by atoms with E-state index in [1.54, 1.807) is 7.11 Å². The number of pyridine rings is 1. The van der Waals surface area contributed by atoms with Crippen LogP contribution in [0.4, 0.5) is 0 Å². The molecule has 0 saturated heterocycles. The van der Waals surface area contributed by atoms with Crippen molar-refractivity contribution >= 4 is 10.9 Å². The lowest BCUT2D eigenvalue weighted by atomic mass is 10.1. The molecule has 0 radical (unpaired) electrons. The average Bonchev–Trinajstić information content (AvgIpc) is 2.27. The quantitative estimate of drug-likeness (QED) is 0.706. The Morgan fingerprint density at radius 3 is 2.80 bits per heavy atom. The number of ether oxygens (including phenoxy) is 1. The van der Waals surface area contributed by atoms with Gasteiger partial charge in [0, 0.05) is 5.39 Å². The van der Waals surface area contributed by atoms with Gasteiger partial charge in [-0.25, -0.2) is 0 Å². The van der Waals surface area contributed by atoms with Crippen molar-refractivity contribution in [2.24, 2.45) is 0 Å². The van der Waals surface area contributed by atoms with Gasteiger partial charge in [0.25, 0.3) is 0 Å². The van der Waals surface area contributed by atoms with Crippen molar-refractivity contribution in [3.63, 3.8) is 0 Å². The summed E-state index contributed by atoms with van der Waals surface area (Å²) in [6.45, 7) is 1.84. The highest BCUT2D eigenvalue weighted by atomic mass is 16.5. The van der Waals surface area contributed by atoms with Crippen LogP contribution in [0.25, 0.3) is 10.9 Å². The summed E-state index contributed by atoms with van der Waals surface area (Å²) in [7, 11) is 1.62. The van der Waals surface area contributed by atoms with Gasteiger partial charge in [0.15, 0.2) is 0 Å². The van der Waals surface area contributed by atoms with E-state index in [0.29, 0.717) is 5.56 Å². The fourth-order valence-electron chi connectivity index (χ4n) is 1.49. The van der Waals surface area contributed by atoms with Gasteiger partial charge >= 0.3 is 0 Å². The van der Waals surface area contributed by atoms with Crippen molar-refractivity contribution in [2.45, 2.75) is 6.92 Å². The molecule has 1 heterocycles. The number of hydrogen-bond acceptors (Lipinski definition) is 3. The molecule has 0 saturated carbocycles. The first-order chi connectivity index (χ1) is 7.24. The van der Waals surface area contributed by atoms with Crippen LogP contribution in [0.5, 0.6) is 5.75 Å². The average molecular weight is 198 g/mol. The molecule has 0 aliphatic heterocycles. The summed E-state index contributed by atoms with van der Waals surface area (Å²) in [5.41, 5.74) is 2.25. The molecule has 0 unspecified atom stereocenters. The molecule has 15 heavy (non-hydrogen) atoms. The third kappa shape index (κ3) is 1.62. The molecule has 2 rings (SSSR count).